The summed E-state index contributed by atoms with van der Waals surface area (Å²) in [6, 6.07) is 14.0. The summed E-state index contributed by atoms with van der Waals surface area (Å²) in [5, 5.41) is 6.68. The van der Waals surface area contributed by atoms with Crippen molar-refractivity contribution < 1.29 is 18.9 Å². The zero-order valence-electron chi connectivity index (χ0n) is 19.5. The lowest BCUT2D eigenvalue weighted by Crippen LogP contribution is -2.38. The Morgan fingerprint density at radius 3 is 2.44 bits per heavy atom. The lowest BCUT2D eigenvalue weighted by molar-refractivity contribution is 0.172. The second-order valence-corrected chi connectivity index (χ2v) is 6.90. The number of hydrogen-bond acceptors (Lipinski definition) is 5. The highest BCUT2D eigenvalue weighted by atomic mass is 127. The maximum absolute atomic E-state index is 5.77. The SMILES string of the molecule is CCNC(=NCc1cccc(OCCCOC)c1)NCCc1ccc(OC)c(OC)c1.I. The minimum atomic E-state index is 0. The van der Waals surface area contributed by atoms with Crippen molar-refractivity contribution in [3.05, 3.63) is 53.6 Å². The van der Waals surface area contributed by atoms with E-state index >= 15 is 0 Å². The van der Waals surface area contributed by atoms with Crippen LogP contribution in [0.3, 0.4) is 0 Å². The highest BCUT2D eigenvalue weighted by molar-refractivity contribution is 14.0. The Bertz CT molecular complexity index is 818. The van der Waals surface area contributed by atoms with Crippen molar-refractivity contribution in [2.24, 2.45) is 4.99 Å². The van der Waals surface area contributed by atoms with E-state index in [0.29, 0.717) is 19.8 Å². The van der Waals surface area contributed by atoms with Crippen LogP contribution in [0.4, 0.5) is 0 Å². The minimum absolute atomic E-state index is 0. The van der Waals surface area contributed by atoms with E-state index in [1.54, 1.807) is 21.3 Å². The molecule has 0 atom stereocenters. The molecular formula is C24H36IN3O4. The molecule has 0 saturated carbocycles. The summed E-state index contributed by atoms with van der Waals surface area (Å²) >= 11 is 0. The lowest BCUT2D eigenvalue weighted by Gasteiger charge is -2.13. The number of guanidine groups is 1. The minimum Gasteiger partial charge on any atom is -0.493 e. The quantitative estimate of drug-likeness (QED) is 0.168. The van der Waals surface area contributed by atoms with Crippen LogP contribution in [0.5, 0.6) is 17.2 Å². The first-order valence-corrected chi connectivity index (χ1v) is 10.6. The van der Waals surface area contributed by atoms with E-state index < -0.39 is 0 Å². The standard InChI is InChI=1S/C24H35N3O4.HI/c1-5-25-24(26-13-12-19-10-11-22(29-3)23(17-19)30-4)27-18-20-8-6-9-21(16-20)31-15-7-14-28-2;/h6,8-11,16-17H,5,7,12-15,18H2,1-4H3,(H2,25,26,27);1H. The zero-order chi connectivity index (χ0) is 22.3. The Morgan fingerprint density at radius 2 is 1.72 bits per heavy atom. The molecule has 0 heterocycles. The highest BCUT2D eigenvalue weighted by Crippen LogP contribution is 2.27. The van der Waals surface area contributed by atoms with Gasteiger partial charge < -0.3 is 29.6 Å². The molecule has 0 aromatic heterocycles. The van der Waals surface area contributed by atoms with Crippen LogP contribution in [0, 0.1) is 0 Å². The Balaban J connectivity index is 0.00000512. The molecule has 0 aliphatic rings. The fourth-order valence-corrected chi connectivity index (χ4v) is 3.00. The van der Waals surface area contributed by atoms with E-state index in [2.05, 4.69) is 23.6 Å². The normalized spacial score (nSPS) is 10.8. The molecule has 0 amide bonds. The number of ether oxygens (including phenoxy) is 4. The topological polar surface area (TPSA) is 73.3 Å². The summed E-state index contributed by atoms with van der Waals surface area (Å²) in [6.07, 6.45) is 1.71. The van der Waals surface area contributed by atoms with Crippen molar-refractivity contribution in [2.45, 2.75) is 26.3 Å². The molecule has 0 bridgehead atoms. The summed E-state index contributed by atoms with van der Waals surface area (Å²) in [5.74, 6) is 3.12. The number of nitrogens with zero attached hydrogens (tertiary/aromatic N) is 1. The van der Waals surface area contributed by atoms with Crippen LogP contribution in [-0.2, 0) is 17.7 Å². The molecule has 2 N–H and O–H groups in total. The number of halogens is 1. The second-order valence-electron chi connectivity index (χ2n) is 6.90. The monoisotopic (exact) mass is 557 g/mol. The summed E-state index contributed by atoms with van der Waals surface area (Å²) in [4.78, 5) is 4.70. The van der Waals surface area contributed by atoms with Gasteiger partial charge >= 0.3 is 0 Å². The largest absolute Gasteiger partial charge is 0.493 e. The smallest absolute Gasteiger partial charge is 0.191 e. The molecule has 7 nitrogen and oxygen atoms in total. The molecule has 0 radical (unpaired) electrons. The van der Waals surface area contributed by atoms with Gasteiger partial charge in [-0.1, -0.05) is 18.2 Å². The van der Waals surface area contributed by atoms with Crippen LogP contribution in [0.2, 0.25) is 0 Å². The van der Waals surface area contributed by atoms with Gasteiger partial charge in [-0.05, 0) is 48.7 Å². The molecule has 32 heavy (non-hydrogen) atoms. The van der Waals surface area contributed by atoms with Crippen molar-refractivity contribution in [2.75, 3.05) is 47.6 Å². The molecule has 178 valence electrons. The van der Waals surface area contributed by atoms with E-state index in [9.17, 15) is 0 Å². The van der Waals surface area contributed by atoms with Gasteiger partial charge in [-0.2, -0.15) is 0 Å². The number of aliphatic imine (C=N–C) groups is 1. The molecule has 8 heteroatoms. The fraction of sp³-hybridized carbons (Fsp3) is 0.458. The van der Waals surface area contributed by atoms with E-state index in [1.807, 2.05) is 36.4 Å². The van der Waals surface area contributed by atoms with Gasteiger partial charge in [0.1, 0.15) is 5.75 Å². The van der Waals surface area contributed by atoms with Crippen LogP contribution >= 0.6 is 24.0 Å². The molecule has 0 fully saturated rings. The number of rotatable bonds is 13. The molecule has 2 aromatic carbocycles. The fourth-order valence-electron chi connectivity index (χ4n) is 3.00. The predicted octanol–water partition coefficient (Wildman–Crippen LogP) is 4.03. The van der Waals surface area contributed by atoms with Gasteiger partial charge in [-0.25, -0.2) is 4.99 Å². The predicted molar refractivity (Wildman–Crippen MR) is 140 cm³/mol. The lowest BCUT2D eigenvalue weighted by atomic mass is 10.1. The second kappa shape index (κ2) is 16.4. The van der Waals surface area contributed by atoms with Crippen LogP contribution in [0.15, 0.2) is 47.5 Å². The van der Waals surface area contributed by atoms with Gasteiger partial charge in [-0.15, -0.1) is 24.0 Å². The Labute approximate surface area is 208 Å². The van der Waals surface area contributed by atoms with Crippen molar-refractivity contribution in [1.29, 1.82) is 0 Å². The number of hydrogen-bond donors (Lipinski definition) is 2. The number of nitrogens with one attached hydrogen (secondary N) is 2. The van der Waals surface area contributed by atoms with Gasteiger partial charge in [0.25, 0.3) is 0 Å². The first kappa shape index (κ1) is 27.8. The molecule has 2 rings (SSSR count). The average molecular weight is 557 g/mol. The Hall–Kier alpha value is -2.20. The zero-order valence-corrected chi connectivity index (χ0v) is 21.8. The van der Waals surface area contributed by atoms with E-state index in [0.717, 1.165) is 54.7 Å². The summed E-state index contributed by atoms with van der Waals surface area (Å²) in [6.45, 7) is 5.52. The van der Waals surface area contributed by atoms with Crippen molar-refractivity contribution in [3.8, 4) is 17.2 Å². The number of methoxy groups -OCH3 is 3. The summed E-state index contributed by atoms with van der Waals surface area (Å²) < 4.78 is 21.5. The third kappa shape index (κ3) is 9.95. The van der Waals surface area contributed by atoms with Gasteiger partial charge in [0.15, 0.2) is 17.5 Å². The maximum atomic E-state index is 5.77. The third-order valence-electron chi connectivity index (χ3n) is 4.58. The first-order chi connectivity index (χ1) is 15.2. The average Bonchev–Trinajstić information content (AvgIpc) is 2.80. The van der Waals surface area contributed by atoms with Crippen LogP contribution < -0.4 is 24.8 Å². The first-order valence-electron chi connectivity index (χ1n) is 10.6. The van der Waals surface area contributed by atoms with Crippen LogP contribution in [0.25, 0.3) is 0 Å². The summed E-state index contributed by atoms with van der Waals surface area (Å²) in [5.41, 5.74) is 2.26. The molecular weight excluding hydrogens is 521 g/mol. The van der Waals surface area contributed by atoms with Crippen LogP contribution in [0.1, 0.15) is 24.5 Å². The molecule has 0 unspecified atom stereocenters. The van der Waals surface area contributed by atoms with Crippen molar-refractivity contribution >= 4 is 29.9 Å². The van der Waals surface area contributed by atoms with E-state index in [1.165, 1.54) is 5.56 Å². The van der Waals surface area contributed by atoms with Gasteiger partial charge in [-0.3, -0.25) is 0 Å². The van der Waals surface area contributed by atoms with Gasteiger partial charge in [0, 0.05) is 33.2 Å². The maximum Gasteiger partial charge on any atom is 0.191 e. The summed E-state index contributed by atoms with van der Waals surface area (Å²) in [7, 11) is 4.99. The molecule has 0 spiro atoms. The Morgan fingerprint density at radius 1 is 0.906 bits per heavy atom. The van der Waals surface area contributed by atoms with Gasteiger partial charge in [0.2, 0.25) is 0 Å². The van der Waals surface area contributed by atoms with Crippen LogP contribution in [-0.4, -0.2) is 53.6 Å². The van der Waals surface area contributed by atoms with Crippen molar-refractivity contribution in [3.63, 3.8) is 0 Å². The van der Waals surface area contributed by atoms with Gasteiger partial charge in [0.05, 0.1) is 27.4 Å². The third-order valence-corrected chi connectivity index (χ3v) is 4.58. The molecule has 0 aliphatic carbocycles. The number of benzene rings is 2. The molecule has 0 aliphatic heterocycles. The molecule has 2 aromatic rings. The van der Waals surface area contributed by atoms with Crippen molar-refractivity contribution in [1.82, 2.24) is 10.6 Å². The molecule has 0 saturated heterocycles. The van der Waals surface area contributed by atoms with E-state index in [-0.39, 0.29) is 24.0 Å². The van der Waals surface area contributed by atoms with E-state index in [4.69, 9.17) is 23.9 Å². The highest BCUT2D eigenvalue weighted by Gasteiger charge is 2.05. The Kier molecular flexibility index (Phi) is 14.3.